The predicted octanol–water partition coefficient (Wildman–Crippen LogP) is 3.04. The fraction of sp³-hybridized carbons (Fsp3) is 0.400. The summed E-state index contributed by atoms with van der Waals surface area (Å²) in [6.07, 6.45) is -0.548. The maximum atomic E-state index is 5.74. The highest BCUT2D eigenvalue weighted by Crippen LogP contribution is 2.35. The molecule has 1 aliphatic rings. The molecule has 0 aromatic heterocycles. The Balaban J connectivity index is 2.05. The van der Waals surface area contributed by atoms with Crippen LogP contribution in [0.1, 0.15) is 11.6 Å². The van der Waals surface area contributed by atoms with Crippen LogP contribution in [0.4, 0.5) is 0 Å². The summed E-state index contributed by atoms with van der Waals surface area (Å²) in [4.78, 5) is 0. The highest BCUT2D eigenvalue weighted by Gasteiger charge is 2.39. The second kappa shape index (κ2) is 4.48. The van der Waals surface area contributed by atoms with Crippen molar-refractivity contribution in [3.8, 4) is 0 Å². The summed E-state index contributed by atoms with van der Waals surface area (Å²) in [6.45, 7) is 0.516. The first-order chi connectivity index (χ1) is 7.07. The summed E-state index contributed by atoms with van der Waals surface area (Å²) < 4.78 is 3.95. The van der Waals surface area contributed by atoms with E-state index >= 15 is 0 Å². The maximum Gasteiger partial charge on any atom is 0.229 e. The lowest BCUT2D eigenvalue weighted by molar-refractivity contribution is 0.103. The molecule has 15 heavy (non-hydrogen) atoms. The first-order valence-corrected chi connectivity index (χ1v) is 5.70. The molecule has 2 atom stereocenters. The molecular formula is C10H10Cl3NO. The van der Waals surface area contributed by atoms with Crippen molar-refractivity contribution in [2.24, 2.45) is 0 Å². The van der Waals surface area contributed by atoms with Crippen LogP contribution in [-0.4, -0.2) is 16.6 Å². The van der Waals surface area contributed by atoms with Crippen LogP contribution in [0.5, 0.6) is 0 Å². The first-order valence-electron chi connectivity index (χ1n) is 4.56. The third-order valence-electron chi connectivity index (χ3n) is 2.28. The summed E-state index contributed by atoms with van der Waals surface area (Å²) >= 11 is 17.2. The van der Waals surface area contributed by atoms with Gasteiger partial charge in [-0.25, -0.2) is 0 Å². The third-order valence-corrected chi connectivity index (χ3v) is 2.88. The molecule has 0 bridgehead atoms. The number of hydrogen-bond donors (Lipinski definition) is 1. The van der Waals surface area contributed by atoms with Gasteiger partial charge in [-0.1, -0.05) is 65.1 Å². The smallest absolute Gasteiger partial charge is 0.229 e. The molecule has 0 spiro atoms. The number of halogens is 3. The van der Waals surface area contributed by atoms with Gasteiger partial charge in [-0.2, -0.15) is 0 Å². The van der Waals surface area contributed by atoms with E-state index < -0.39 is 10.0 Å². The highest BCUT2D eigenvalue weighted by atomic mass is 35.6. The van der Waals surface area contributed by atoms with Gasteiger partial charge < -0.3 is 4.74 Å². The summed E-state index contributed by atoms with van der Waals surface area (Å²) in [5.41, 5.74) is 1.13. The Morgan fingerprint density at radius 1 is 1.20 bits per heavy atom. The van der Waals surface area contributed by atoms with E-state index in [1.165, 1.54) is 0 Å². The monoisotopic (exact) mass is 265 g/mol. The van der Waals surface area contributed by atoms with Crippen LogP contribution in [0, 0.1) is 0 Å². The Bertz CT molecular complexity index is 325. The van der Waals surface area contributed by atoms with E-state index in [1.807, 2.05) is 30.3 Å². The predicted molar refractivity (Wildman–Crippen MR) is 62.3 cm³/mol. The Labute approximate surface area is 103 Å². The molecule has 0 saturated carbocycles. The minimum Gasteiger partial charge on any atom is -0.357 e. The van der Waals surface area contributed by atoms with Crippen LogP contribution in [-0.2, 0) is 4.74 Å². The van der Waals surface area contributed by atoms with Crippen LogP contribution in [0.25, 0.3) is 0 Å². The fourth-order valence-corrected chi connectivity index (χ4v) is 1.92. The van der Waals surface area contributed by atoms with Gasteiger partial charge >= 0.3 is 0 Å². The summed E-state index contributed by atoms with van der Waals surface area (Å²) in [5.74, 6) is 0. The molecule has 2 rings (SSSR count). The Kier molecular flexibility index (Phi) is 3.43. The van der Waals surface area contributed by atoms with E-state index in [2.05, 4.69) is 5.32 Å². The average molecular weight is 267 g/mol. The molecule has 82 valence electrons. The molecule has 2 unspecified atom stereocenters. The van der Waals surface area contributed by atoms with Crippen LogP contribution in [0.15, 0.2) is 30.3 Å². The maximum absolute atomic E-state index is 5.74. The first kappa shape index (κ1) is 11.5. The van der Waals surface area contributed by atoms with Crippen molar-refractivity contribution < 1.29 is 4.74 Å². The standard InChI is InChI=1S/C10H10Cl3NO/c11-10(12,13)9-14-8(6-15-9)7-4-2-1-3-5-7/h1-5,8-9,14H,6H2. The molecule has 1 fully saturated rings. The van der Waals surface area contributed by atoms with E-state index in [-0.39, 0.29) is 6.04 Å². The number of ether oxygens (including phenoxy) is 1. The van der Waals surface area contributed by atoms with Gasteiger partial charge in [0.1, 0.15) is 0 Å². The molecule has 1 heterocycles. The van der Waals surface area contributed by atoms with Crippen molar-refractivity contribution in [3.05, 3.63) is 35.9 Å². The minimum atomic E-state index is -1.43. The largest absolute Gasteiger partial charge is 0.357 e. The second-order valence-electron chi connectivity index (χ2n) is 3.38. The molecule has 1 aliphatic heterocycles. The fourth-order valence-electron chi connectivity index (χ4n) is 1.54. The Hall–Kier alpha value is 0.01000. The Morgan fingerprint density at radius 3 is 2.40 bits per heavy atom. The molecule has 5 heteroatoms. The molecule has 1 aromatic rings. The van der Waals surface area contributed by atoms with Gasteiger partial charge in [-0.3, -0.25) is 5.32 Å². The van der Waals surface area contributed by atoms with Gasteiger partial charge in [0.25, 0.3) is 0 Å². The van der Waals surface area contributed by atoms with Gasteiger partial charge in [0.05, 0.1) is 12.6 Å². The van der Waals surface area contributed by atoms with Crippen LogP contribution < -0.4 is 5.32 Å². The van der Waals surface area contributed by atoms with Crippen LogP contribution in [0.3, 0.4) is 0 Å². The summed E-state index contributed by atoms with van der Waals surface area (Å²) in [6, 6.07) is 10.0. The topological polar surface area (TPSA) is 21.3 Å². The lowest BCUT2D eigenvalue weighted by Gasteiger charge is -2.19. The van der Waals surface area contributed by atoms with Crippen LogP contribution >= 0.6 is 34.8 Å². The lowest BCUT2D eigenvalue weighted by atomic mass is 10.1. The van der Waals surface area contributed by atoms with Gasteiger partial charge in [0.2, 0.25) is 3.79 Å². The molecule has 1 aromatic carbocycles. The molecule has 0 aliphatic carbocycles. The van der Waals surface area contributed by atoms with Crippen molar-refractivity contribution in [1.82, 2.24) is 5.32 Å². The lowest BCUT2D eigenvalue weighted by Crippen LogP contribution is -2.36. The molecule has 0 amide bonds. The SMILES string of the molecule is ClC(Cl)(Cl)C1NC(c2ccccc2)CO1. The van der Waals surface area contributed by atoms with E-state index in [1.54, 1.807) is 0 Å². The van der Waals surface area contributed by atoms with Gasteiger partial charge in [-0.05, 0) is 5.56 Å². The van der Waals surface area contributed by atoms with E-state index in [4.69, 9.17) is 39.5 Å². The zero-order chi connectivity index (χ0) is 10.9. The molecule has 2 nitrogen and oxygen atoms in total. The Morgan fingerprint density at radius 2 is 1.87 bits per heavy atom. The van der Waals surface area contributed by atoms with Crippen molar-refractivity contribution >= 4 is 34.8 Å². The number of alkyl halides is 3. The highest BCUT2D eigenvalue weighted by molar-refractivity contribution is 6.68. The van der Waals surface area contributed by atoms with E-state index in [9.17, 15) is 0 Å². The zero-order valence-corrected chi connectivity index (χ0v) is 10.1. The molecule has 1 N–H and O–H groups in total. The zero-order valence-electron chi connectivity index (χ0n) is 7.79. The van der Waals surface area contributed by atoms with Crippen molar-refractivity contribution in [3.63, 3.8) is 0 Å². The second-order valence-corrected chi connectivity index (χ2v) is 5.75. The molecule has 1 saturated heterocycles. The van der Waals surface area contributed by atoms with Crippen molar-refractivity contribution in [2.45, 2.75) is 16.1 Å². The number of hydrogen-bond acceptors (Lipinski definition) is 2. The summed E-state index contributed by atoms with van der Waals surface area (Å²) in [7, 11) is 0. The molecule has 0 radical (unpaired) electrons. The number of benzene rings is 1. The quantitative estimate of drug-likeness (QED) is 0.789. The third kappa shape index (κ3) is 2.77. The number of rotatable bonds is 1. The van der Waals surface area contributed by atoms with Crippen molar-refractivity contribution in [2.75, 3.05) is 6.61 Å². The molecular weight excluding hydrogens is 256 g/mol. The average Bonchev–Trinajstić information content (AvgIpc) is 2.67. The van der Waals surface area contributed by atoms with Gasteiger partial charge in [0, 0.05) is 0 Å². The number of nitrogens with one attached hydrogen (secondary N) is 1. The normalized spacial score (nSPS) is 26.9. The van der Waals surface area contributed by atoms with E-state index in [0.717, 1.165) is 5.56 Å². The summed E-state index contributed by atoms with van der Waals surface area (Å²) in [5, 5.41) is 3.13. The van der Waals surface area contributed by atoms with Crippen molar-refractivity contribution in [1.29, 1.82) is 0 Å². The van der Waals surface area contributed by atoms with Crippen LogP contribution in [0.2, 0.25) is 0 Å². The van der Waals surface area contributed by atoms with E-state index in [0.29, 0.717) is 6.61 Å². The van der Waals surface area contributed by atoms with Gasteiger partial charge in [0.15, 0.2) is 6.23 Å². The van der Waals surface area contributed by atoms with Gasteiger partial charge in [-0.15, -0.1) is 0 Å². The minimum absolute atomic E-state index is 0.0897.